The number of nitrogens with zero attached hydrogens (tertiary/aromatic N) is 1. The summed E-state index contributed by atoms with van der Waals surface area (Å²) in [4.78, 5) is 2.34. The Morgan fingerprint density at radius 3 is 1.38 bits per heavy atom. The minimum Gasteiger partial charge on any atom is -0.456 e. The van der Waals surface area contributed by atoms with Crippen molar-refractivity contribution >= 4 is 67.8 Å². The van der Waals surface area contributed by atoms with Crippen LogP contribution in [-0.2, 0) is 5.41 Å². The number of rotatable bonds is 9. The third-order valence-corrected chi connectivity index (χ3v) is 18.9. The summed E-state index contributed by atoms with van der Waals surface area (Å²) >= 11 is 0. The van der Waals surface area contributed by atoms with Gasteiger partial charge >= 0.3 is 0 Å². The first-order valence-corrected chi connectivity index (χ1v) is 24.9. The van der Waals surface area contributed by atoms with E-state index in [4.69, 9.17) is 4.42 Å². The van der Waals surface area contributed by atoms with Gasteiger partial charge in [0.1, 0.15) is 11.2 Å². The van der Waals surface area contributed by atoms with E-state index in [1.807, 2.05) is 12.1 Å². The molecule has 3 heteroatoms. The standard InChI is InChI=1S/C63H47NOSi/c1-63(2)59-24-14-12-22-55(59)56-40-32-47(42-60(56)63)46-28-35-49(36-29-46)64(50-37-41-58-57-23-13-15-25-61(57)65-62(58)43-50)48-33-26-44(27-34-48)45-30-38-54(39-31-45)66(51-16-6-3-7-17-51,52-18-8-4-9-19-52)53-20-10-5-11-21-53/h3-43H,1-2H3. The summed E-state index contributed by atoms with van der Waals surface area (Å²) < 4.78 is 6.44. The Labute approximate surface area is 387 Å². The predicted octanol–water partition coefficient (Wildman–Crippen LogP) is 14.1. The largest absolute Gasteiger partial charge is 0.456 e. The molecule has 1 heterocycles. The summed E-state index contributed by atoms with van der Waals surface area (Å²) in [5.41, 5.74) is 15.1. The SMILES string of the molecule is CC1(C)c2ccccc2-c2ccc(-c3ccc(N(c4ccc(-c5ccc([Si](c6ccccc6)(c6ccccc6)c6ccccc6)cc5)cc4)c4ccc5c(c4)oc4ccccc45)cc3)cc21. The lowest BCUT2D eigenvalue weighted by Gasteiger charge is -2.34. The summed E-state index contributed by atoms with van der Waals surface area (Å²) in [5.74, 6) is 0. The van der Waals surface area contributed by atoms with Crippen molar-refractivity contribution in [2.75, 3.05) is 4.90 Å². The molecule has 12 rings (SSSR count). The zero-order valence-corrected chi connectivity index (χ0v) is 38.0. The van der Waals surface area contributed by atoms with Gasteiger partial charge in [-0.15, -0.1) is 0 Å². The van der Waals surface area contributed by atoms with Crippen LogP contribution in [0.3, 0.4) is 0 Å². The topological polar surface area (TPSA) is 16.4 Å². The second-order valence-corrected chi connectivity index (χ2v) is 21.9. The highest BCUT2D eigenvalue weighted by Crippen LogP contribution is 2.49. The maximum absolute atomic E-state index is 6.44. The normalized spacial score (nSPS) is 12.8. The van der Waals surface area contributed by atoms with Crippen molar-refractivity contribution in [3.63, 3.8) is 0 Å². The van der Waals surface area contributed by atoms with Crippen LogP contribution in [0.15, 0.2) is 253 Å². The van der Waals surface area contributed by atoms with E-state index in [0.29, 0.717) is 0 Å². The van der Waals surface area contributed by atoms with Crippen LogP contribution in [-0.4, -0.2) is 8.07 Å². The molecule has 0 N–H and O–H groups in total. The summed E-state index contributed by atoms with van der Waals surface area (Å²) in [6.45, 7) is 4.69. The summed E-state index contributed by atoms with van der Waals surface area (Å²) in [6.07, 6.45) is 0. The van der Waals surface area contributed by atoms with Crippen molar-refractivity contribution in [2.24, 2.45) is 0 Å². The number of hydrogen-bond acceptors (Lipinski definition) is 2. The van der Waals surface area contributed by atoms with Crippen LogP contribution < -0.4 is 25.6 Å². The molecule has 314 valence electrons. The van der Waals surface area contributed by atoms with Gasteiger partial charge in [0.15, 0.2) is 8.07 Å². The lowest BCUT2D eigenvalue weighted by molar-refractivity contribution is 0.660. The molecule has 11 aromatic rings. The Bertz CT molecular complexity index is 3420. The maximum atomic E-state index is 6.44. The van der Waals surface area contributed by atoms with E-state index < -0.39 is 8.07 Å². The first-order chi connectivity index (χ1) is 32.5. The van der Waals surface area contributed by atoms with Crippen LogP contribution in [0.1, 0.15) is 25.0 Å². The molecule has 1 aliphatic carbocycles. The molecule has 66 heavy (non-hydrogen) atoms. The Kier molecular flexibility index (Phi) is 9.55. The van der Waals surface area contributed by atoms with Gasteiger partial charge in [0.25, 0.3) is 0 Å². The fourth-order valence-electron chi connectivity index (χ4n) is 10.8. The van der Waals surface area contributed by atoms with E-state index in [-0.39, 0.29) is 5.41 Å². The van der Waals surface area contributed by atoms with Crippen LogP contribution in [0.5, 0.6) is 0 Å². The third kappa shape index (κ3) is 6.46. The van der Waals surface area contributed by atoms with E-state index in [9.17, 15) is 0 Å². The third-order valence-electron chi connectivity index (χ3n) is 14.1. The van der Waals surface area contributed by atoms with Crippen LogP contribution in [0, 0.1) is 0 Å². The second-order valence-electron chi connectivity index (χ2n) is 18.1. The number of fused-ring (bicyclic) bond motifs is 6. The van der Waals surface area contributed by atoms with Crippen molar-refractivity contribution < 1.29 is 4.42 Å². The first kappa shape index (κ1) is 39.6. The molecule has 1 aromatic heterocycles. The van der Waals surface area contributed by atoms with Gasteiger partial charge in [-0.25, -0.2) is 0 Å². The molecule has 0 fully saturated rings. The van der Waals surface area contributed by atoms with Crippen LogP contribution in [0.25, 0.3) is 55.3 Å². The van der Waals surface area contributed by atoms with Gasteiger partial charge in [-0.3, -0.25) is 0 Å². The number of para-hydroxylation sites is 1. The highest BCUT2D eigenvalue weighted by molar-refractivity contribution is 7.19. The Balaban J connectivity index is 0.917. The quantitative estimate of drug-likeness (QED) is 0.106. The van der Waals surface area contributed by atoms with Crippen LogP contribution in [0.4, 0.5) is 17.1 Å². The molecule has 0 unspecified atom stereocenters. The minimum atomic E-state index is -2.62. The van der Waals surface area contributed by atoms with Crippen LogP contribution in [0.2, 0.25) is 0 Å². The number of anilines is 3. The number of furan rings is 1. The van der Waals surface area contributed by atoms with Gasteiger partial charge < -0.3 is 9.32 Å². The van der Waals surface area contributed by atoms with Gasteiger partial charge in [-0.05, 0) is 114 Å². The molecule has 0 atom stereocenters. The fourth-order valence-corrected chi connectivity index (χ4v) is 15.5. The molecular formula is C63H47NOSi. The predicted molar refractivity (Wildman–Crippen MR) is 280 cm³/mol. The molecular weight excluding hydrogens is 815 g/mol. The lowest BCUT2D eigenvalue weighted by Crippen LogP contribution is -2.74. The van der Waals surface area contributed by atoms with Crippen molar-refractivity contribution in [1.29, 1.82) is 0 Å². The molecule has 0 aliphatic heterocycles. The first-order valence-electron chi connectivity index (χ1n) is 22.9. The zero-order valence-electron chi connectivity index (χ0n) is 37.0. The molecule has 1 aliphatic rings. The van der Waals surface area contributed by atoms with E-state index in [0.717, 1.165) is 39.0 Å². The van der Waals surface area contributed by atoms with Crippen molar-refractivity contribution in [1.82, 2.24) is 0 Å². The van der Waals surface area contributed by atoms with Crippen molar-refractivity contribution in [2.45, 2.75) is 19.3 Å². The molecule has 2 nitrogen and oxygen atoms in total. The van der Waals surface area contributed by atoms with E-state index >= 15 is 0 Å². The van der Waals surface area contributed by atoms with Gasteiger partial charge in [0, 0.05) is 39.3 Å². The molecule has 10 aromatic carbocycles. The smallest absolute Gasteiger partial charge is 0.179 e. The summed E-state index contributed by atoms with van der Waals surface area (Å²) in [7, 11) is -2.62. The molecule has 0 spiro atoms. The van der Waals surface area contributed by atoms with Gasteiger partial charge in [-0.1, -0.05) is 208 Å². The summed E-state index contributed by atoms with van der Waals surface area (Å²) in [5, 5.41) is 7.71. The highest BCUT2D eigenvalue weighted by atomic mass is 28.3. The monoisotopic (exact) mass is 861 g/mol. The number of benzene rings is 10. The Hall–Kier alpha value is -7.98. The fraction of sp³-hybridized carbons (Fsp3) is 0.0476. The highest BCUT2D eigenvalue weighted by Gasteiger charge is 2.41. The summed E-state index contributed by atoms with van der Waals surface area (Å²) in [6, 6.07) is 91.4. The van der Waals surface area contributed by atoms with Crippen LogP contribution >= 0.6 is 0 Å². The molecule has 0 radical (unpaired) electrons. The Morgan fingerprint density at radius 1 is 0.333 bits per heavy atom. The van der Waals surface area contributed by atoms with Crippen molar-refractivity contribution in [3.05, 3.63) is 260 Å². The molecule has 0 bridgehead atoms. The molecule has 0 saturated heterocycles. The lowest BCUT2D eigenvalue weighted by atomic mass is 9.81. The molecule has 0 saturated carbocycles. The zero-order chi connectivity index (χ0) is 44.2. The number of hydrogen-bond donors (Lipinski definition) is 0. The van der Waals surface area contributed by atoms with Gasteiger partial charge in [-0.2, -0.15) is 0 Å². The minimum absolute atomic E-state index is 0.0546. The average Bonchev–Trinajstić information content (AvgIpc) is 3.87. The second kappa shape index (κ2) is 15.9. The maximum Gasteiger partial charge on any atom is 0.179 e. The van der Waals surface area contributed by atoms with Gasteiger partial charge in [0.05, 0.1) is 0 Å². The van der Waals surface area contributed by atoms with E-state index in [1.165, 1.54) is 65.3 Å². The van der Waals surface area contributed by atoms with E-state index in [2.05, 4.69) is 255 Å². The average molecular weight is 862 g/mol. The Morgan fingerprint density at radius 2 is 0.773 bits per heavy atom. The van der Waals surface area contributed by atoms with E-state index in [1.54, 1.807) is 0 Å². The van der Waals surface area contributed by atoms with Crippen molar-refractivity contribution in [3.8, 4) is 33.4 Å². The van der Waals surface area contributed by atoms with Gasteiger partial charge in [0.2, 0.25) is 0 Å². The molecule has 0 amide bonds.